The van der Waals surface area contributed by atoms with E-state index in [0.29, 0.717) is 6.42 Å². The second-order valence-electron chi connectivity index (χ2n) is 3.66. The van der Waals surface area contributed by atoms with E-state index in [4.69, 9.17) is 0 Å². The highest BCUT2D eigenvalue weighted by atomic mass is 16.2. The number of quaternary nitrogens is 1. The van der Waals surface area contributed by atoms with Gasteiger partial charge in [0.1, 0.15) is 0 Å². The molecule has 0 aliphatic carbocycles. The molecule has 1 atom stereocenters. The van der Waals surface area contributed by atoms with Crippen molar-refractivity contribution in [1.29, 1.82) is 0 Å². The number of carbonyl (C=O) groups excluding carboxylic acids is 2. The summed E-state index contributed by atoms with van der Waals surface area (Å²) in [5, 5.41) is 0. The van der Waals surface area contributed by atoms with Crippen LogP contribution in [0.15, 0.2) is 0 Å². The predicted octanol–water partition coefficient (Wildman–Crippen LogP) is -2.42. The van der Waals surface area contributed by atoms with Gasteiger partial charge >= 0.3 is 0 Å². The van der Waals surface area contributed by atoms with E-state index in [0.717, 1.165) is 13.1 Å². The van der Waals surface area contributed by atoms with Crippen molar-refractivity contribution in [2.45, 2.75) is 25.3 Å². The van der Waals surface area contributed by atoms with Crippen LogP contribution in [0.4, 0.5) is 0 Å². The maximum absolute atomic E-state index is 11.4. The van der Waals surface area contributed by atoms with Gasteiger partial charge in [-0.3, -0.25) is 20.4 Å². The SMILES string of the molecule is O=C1C[C@H]([NH+]2CCCC2)C(=O)NN1. The number of likely N-dealkylation sites (tertiary alicyclic amines) is 1. The fourth-order valence-electron chi connectivity index (χ4n) is 2.05. The molecule has 0 aromatic carbocycles. The lowest BCUT2D eigenvalue weighted by molar-refractivity contribution is -0.903. The second kappa shape index (κ2) is 3.33. The fraction of sp³-hybridized carbons (Fsp3) is 0.750. The molecule has 0 saturated carbocycles. The van der Waals surface area contributed by atoms with Gasteiger partial charge in [0.2, 0.25) is 5.91 Å². The maximum Gasteiger partial charge on any atom is 0.297 e. The van der Waals surface area contributed by atoms with Crippen LogP contribution < -0.4 is 15.8 Å². The Balaban J connectivity index is 2.02. The molecule has 2 saturated heterocycles. The summed E-state index contributed by atoms with van der Waals surface area (Å²) in [4.78, 5) is 23.7. The van der Waals surface area contributed by atoms with Crippen molar-refractivity contribution in [2.24, 2.45) is 0 Å². The molecule has 2 aliphatic rings. The number of carbonyl (C=O) groups is 2. The first-order chi connectivity index (χ1) is 6.27. The molecule has 5 heteroatoms. The molecule has 3 N–H and O–H groups in total. The van der Waals surface area contributed by atoms with Crippen LogP contribution in [0.1, 0.15) is 19.3 Å². The van der Waals surface area contributed by atoms with Crippen molar-refractivity contribution in [1.82, 2.24) is 10.9 Å². The molecule has 5 nitrogen and oxygen atoms in total. The Labute approximate surface area is 76.4 Å². The summed E-state index contributed by atoms with van der Waals surface area (Å²) in [7, 11) is 0. The monoisotopic (exact) mass is 184 g/mol. The minimum Gasteiger partial charge on any atom is -0.324 e. The van der Waals surface area contributed by atoms with Crippen LogP contribution in [0.2, 0.25) is 0 Å². The molecule has 0 aromatic heterocycles. The molecular weight excluding hydrogens is 170 g/mol. The third-order valence-corrected chi connectivity index (χ3v) is 2.77. The van der Waals surface area contributed by atoms with Gasteiger partial charge in [-0.25, -0.2) is 0 Å². The van der Waals surface area contributed by atoms with Crippen LogP contribution in [-0.2, 0) is 9.59 Å². The van der Waals surface area contributed by atoms with Gasteiger partial charge in [-0.1, -0.05) is 0 Å². The van der Waals surface area contributed by atoms with E-state index < -0.39 is 0 Å². The van der Waals surface area contributed by atoms with Gasteiger partial charge in [-0.05, 0) is 0 Å². The molecule has 0 spiro atoms. The Morgan fingerprint density at radius 2 is 1.85 bits per heavy atom. The smallest absolute Gasteiger partial charge is 0.297 e. The summed E-state index contributed by atoms with van der Waals surface area (Å²) in [5.41, 5.74) is 4.73. The van der Waals surface area contributed by atoms with Crippen molar-refractivity contribution in [3.63, 3.8) is 0 Å². The van der Waals surface area contributed by atoms with Crippen molar-refractivity contribution >= 4 is 11.8 Å². The van der Waals surface area contributed by atoms with Crippen LogP contribution in [0, 0.1) is 0 Å². The summed E-state index contributed by atoms with van der Waals surface area (Å²) in [5.74, 6) is -0.125. The molecule has 13 heavy (non-hydrogen) atoms. The lowest BCUT2D eigenvalue weighted by atomic mass is 10.1. The molecule has 0 unspecified atom stereocenters. The Morgan fingerprint density at radius 3 is 2.54 bits per heavy atom. The summed E-state index contributed by atoms with van der Waals surface area (Å²) in [6.07, 6.45) is 2.67. The molecule has 0 bridgehead atoms. The summed E-state index contributed by atoms with van der Waals surface area (Å²) in [6.45, 7) is 2.04. The molecule has 0 radical (unpaired) electrons. The first-order valence-corrected chi connectivity index (χ1v) is 4.70. The van der Waals surface area contributed by atoms with Gasteiger partial charge in [0.15, 0.2) is 6.04 Å². The van der Waals surface area contributed by atoms with Gasteiger partial charge < -0.3 is 4.90 Å². The van der Waals surface area contributed by atoms with Crippen molar-refractivity contribution in [2.75, 3.05) is 13.1 Å². The number of hydrazine groups is 1. The van der Waals surface area contributed by atoms with Crippen molar-refractivity contribution < 1.29 is 14.5 Å². The number of amides is 2. The first-order valence-electron chi connectivity index (χ1n) is 4.70. The quantitative estimate of drug-likeness (QED) is 0.425. The lowest BCUT2D eigenvalue weighted by Crippen LogP contribution is -3.16. The van der Waals surface area contributed by atoms with Crippen LogP contribution in [0.5, 0.6) is 0 Å². The molecule has 2 rings (SSSR count). The Bertz CT molecular complexity index is 236. The van der Waals surface area contributed by atoms with Gasteiger partial charge in [0, 0.05) is 12.8 Å². The normalized spacial score (nSPS) is 30.0. The number of nitrogens with one attached hydrogen (secondary N) is 3. The molecule has 2 aliphatic heterocycles. The lowest BCUT2D eigenvalue weighted by Gasteiger charge is -2.26. The molecule has 2 amide bonds. The third kappa shape index (κ3) is 1.65. The van der Waals surface area contributed by atoms with E-state index in [1.807, 2.05) is 0 Å². The number of hydrogen-bond acceptors (Lipinski definition) is 2. The van der Waals surface area contributed by atoms with Gasteiger partial charge in [0.25, 0.3) is 5.91 Å². The van der Waals surface area contributed by atoms with Crippen LogP contribution in [0.3, 0.4) is 0 Å². The predicted molar refractivity (Wildman–Crippen MR) is 44.6 cm³/mol. The van der Waals surface area contributed by atoms with E-state index in [2.05, 4.69) is 10.9 Å². The second-order valence-corrected chi connectivity index (χ2v) is 3.66. The first kappa shape index (κ1) is 8.50. The summed E-state index contributed by atoms with van der Waals surface area (Å²) in [6, 6.07) is -0.156. The van der Waals surface area contributed by atoms with Gasteiger partial charge in [-0.2, -0.15) is 0 Å². The minimum absolute atomic E-state index is 0.0449. The topological polar surface area (TPSA) is 62.6 Å². The van der Waals surface area contributed by atoms with E-state index in [1.165, 1.54) is 17.7 Å². The average molecular weight is 184 g/mol. The highest BCUT2D eigenvalue weighted by Crippen LogP contribution is 1.97. The van der Waals surface area contributed by atoms with E-state index in [-0.39, 0.29) is 17.9 Å². The van der Waals surface area contributed by atoms with Crippen LogP contribution in [0.25, 0.3) is 0 Å². The van der Waals surface area contributed by atoms with Crippen molar-refractivity contribution in [3.05, 3.63) is 0 Å². The van der Waals surface area contributed by atoms with E-state index >= 15 is 0 Å². The largest absolute Gasteiger partial charge is 0.324 e. The fourth-order valence-corrected chi connectivity index (χ4v) is 2.05. The zero-order valence-corrected chi connectivity index (χ0v) is 7.43. The minimum atomic E-state index is -0.156. The highest BCUT2D eigenvalue weighted by molar-refractivity contribution is 5.92. The Hall–Kier alpha value is -1.10. The standard InChI is InChI=1S/C8H13N3O2/c12-7-5-6(8(13)10-9-7)11-3-1-2-4-11/h6H,1-5H2,(H,9,12)(H,10,13)/p+1/t6-/m0/s1. The van der Waals surface area contributed by atoms with Gasteiger partial charge in [-0.15, -0.1) is 0 Å². The molecule has 72 valence electrons. The zero-order valence-electron chi connectivity index (χ0n) is 7.43. The number of hydrogen-bond donors (Lipinski definition) is 3. The average Bonchev–Trinajstić information content (AvgIpc) is 2.61. The Morgan fingerprint density at radius 1 is 1.15 bits per heavy atom. The Kier molecular flexibility index (Phi) is 2.18. The molecule has 0 aromatic rings. The molecule has 2 heterocycles. The van der Waals surface area contributed by atoms with Crippen molar-refractivity contribution in [3.8, 4) is 0 Å². The van der Waals surface area contributed by atoms with E-state index in [9.17, 15) is 9.59 Å². The van der Waals surface area contributed by atoms with Gasteiger partial charge in [0.05, 0.1) is 19.5 Å². The third-order valence-electron chi connectivity index (χ3n) is 2.77. The number of rotatable bonds is 1. The van der Waals surface area contributed by atoms with Crippen LogP contribution in [-0.4, -0.2) is 30.9 Å². The van der Waals surface area contributed by atoms with Crippen LogP contribution >= 0.6 is 0 Å². The summed E-state index contributed by atoms with van der Waals surface area (Å²) < 4.78 is 0. The van der Waals surface area contributed by atoms with E-state index in [1.54, 1.807) is 0 Å². The zero-order chi connectivity index (χ0) is 9.26. The molecule has 2 fully saturated rings. The maximum atomic E-state index is 11.4. The molecular formula is C8H14N3O2+. The summed E-state index contributed by atoms with van der Waals surface area (Å²) >= 11 is 0. The highest BCUT2D eigenvalue weighted by Gasteiger charge is 2.36.